The Balaban J connectivity index is 1.38. The van der Waals surface area contributed by atoms with Crippen LogP contribution in [0.2, 0.25) is 0 Å². The molecule has 0 radical (unpaired) electrons. The van der Waals surface area contributed by atoms with Crippen LogP contribution in [0.4, 0.5) is 14.7 Å². The average molecular weight is 564 g/mol. The average Bonchev–Trinajstić information content (AvgIpc) is 3.26. The molecule has 0 amide bonds. The Morgan fingerprint density at radius 1 is 0.975 bits per heavy atom. The van der Waals surface area contributed by atoms with E-state index in [9.17, 15) is 17.2 Å². The van der Waals surface area contributed by atoms with Gasteiger partial charge in [0.2, 0.25) is 16.0 Å². The van der Waals surface area contributed by atoms with Crippen LogP contribution >= 0.6 is 0 Å². The van der Waals surface area contributed by atoms with Crippen LogP contribution in [0.1, 0.15) is 68.8 Å². The molecule has 1 fully saturated rings. The monoisotopic (exact) mass is 563 g/mol. The first kappa shape index (κ1) is 26.3. The molecule has 3 aliphatic rings. The summed E-state index contributed by atoms with van der Waals surface area (Å²) >= 11 is 0. The third-order valence-corrected chi connectivity index (χ3v) is 9.65. The first-order valence-corrected chi connectivity index (χ1v) is 14.7. The first-order chi connectivity index (χ1) is 19.2. The number of aromatic nitrogens is 6. The van der Waals surface area contributed by atoms with Crippen LogP contribution in [0.5, 0.6) is 0 Å². The first-order valence-electron chi connectivity index (χ1n) is 13.2. The van der Waals surface area contributed by atoms with Gasteiger partial charge in [-0.25, -0.2) is 32.2 Å². The minimum atomic E-state index is -3.57. The van der Waals surface area contributed by atoms with Crippen molar-refractivity contribution in [2.45, 2.75) is 62.5 Å². The lowest BCUT2D eigenvalue weighted by molar-refractivity contribution is 0.389. The molecule has 1 N–H and O–H groups in total. The van der Waals surface area contributed by atoms with Gasteiger partial charge in [0.15, 0.2) is 0 Å². The quantitative estimate of drug-likeness (QED) is 0.341. The van der Waals surface area contributed by atoms with Crippen LogP contribution in [0.3, 0.4) is 0 Å². The molecule has 0 spiro atoms. The Morgan fingerprint density at radius 3 is 2.45 bits per heavy atom. The summed E-state index contributed by atoms with van der Waals surface area (Å²) < 4.78 is 55.8. The van der Waals surface area contributed by atoms with E-state index in [4.69, 9.17) is 4.98 Å². The van der Waals surface area contributed by atoms with Crippen molar-refractivity contribution in [1.29, 1.82) is 0 Å². The van der Waals surface area contributed by atoms with Gasteiger partial charge in [0, 0.05) is 24.2 Å². The second-order valence-corrected chi connectivity index (χ2v) is 12.9. The van der Waals surface area contributed by atoms with Crippen molar-refractivity contribution in [3.05, 3.63) is 77.6 Å². The van der Waals surface area contributed by atoms with E-state index in [1.54, 1.807) is 32.3 Å². The lowest BCUT2D eigenvalue weighted by atomic mass is 9.68. The number of sulfonamides is 1. The second-order valence-electron chi connectivity index (χ2n) is 10.6. The number of hydrogen-bond acceptors (Lipinski definition) is 8. The molecule has 2 atom stereocenters. The molecular formula is C28H27F2N7O2S. The highest BCUT2D eigenvalue weighted by molar-refractivity contribution is 7.93. The molecule has 3 heterocycles. The third kappa shape index (κ3) is 4.49. The van der Waals surface area contributed by atoms with E-state index in [2.05, 4.69) is 29.9 Å². The lowest BCUT2D eigenvalue weighted by Crippen LogP contribution is -2.34. The van der Waals surface area contributed by atoms with Crippen molar-refractivity contribution in [3.8, 4) is 22.5 Å². The molecule has 3 aliphatic carbocycles. The molecule has 9 nitrogen and oxygen atoms in total. The Bertz CT molecular complexity index is 1680. The zero-order valence-electron chi connectivity index (χ0n) is 22.0. The Kier molecular flexibility index (Phi) is 6.52. The predicted molar refractivity (Wildman–Crippen MR) is 145 cm³/mol. The Hall–Kier alpha value is -3.93. The zero-order chi connectivity index (χ0) is 28.1. The van der Waals surface area contributed by atoms with Crippen LogP contribution < -0.4 is 4.72 Å². The van der Waals surface area contributed by atoms with Gasteiger partial charge in [-0.3, -0.25) is 9.71 Å². The van der Waals surface area contributed by atoms with Crippen LogP contribution in [-0.2, 0) is 15.4 Å². The van der Waals surface area contributed by atoms with E-state index in [-0.39, 0.29) is 23.1 Å². The normalized spacial score (nSPS) is 20.3. The Morgan fingerprint density at radius 2 is 1.73 bits per heavy atom. The third-order valence-electron chi connectivity index (χ3n) is 7.94. The fraction of sp³-hybridized carbons (Fsp3) is 0.357. The van der Waals surface area contributed by atoms with Gasteiger partial charge in [-0.05, 0) is 69.2 Å². The highest BCUT2D eigenvalue weighted by Crippen LogP contribution is 2.53. The summed E-state index contributed by atoms with van der Waals surface area (Å²) in [6, 6.07) is 5.55. The summed E-state index contributed by atoms with van der Waals surface area (Å²) in [6.07, 6.45) is 10.7. The van der Waals surface area contributed by atoms with E-state index in [1.807, 2.05) is 0 Å². The van der Waals surface area contributed by atoms with E-state index >= 15 is 0 Å². The molecule has 40 heavy (non-hydrogen) atoms. The molecule has 0 saturated heterocycles. The number of nitrogens with one attached hydrogen (secondary N) is 1. The highest BCUT2D eigenvalue weighted by atomic mass is 32.2. The minimum absolute atomic E-state index is 0.0199. The zero-order valence-corrected chi connectivity index (χ0v) is 22.8. The van der Waals surface area contributed by atoms with Crippen LogP contribution in [0, 0.1) is 11.6 Å². The number of hydrogen-bond donors (Lipinski definition) is 1. The summed E-state index contributed by atoms with van der Waals surface area (Å²) in [5, 5.41) is 8.26. The molecule has 1 saturated carbocycles. The molecule has 7 rings (SSSR count). The van der Waals surface area contributed by atoms with Gasteiger partial charge in [0.05, 0.1) is 45.2 Å². The second kappa shape index (κ2) is 9.92. The van der Waals surface area contributed by atoms with E-state index in [0.29, 0.717) is 11.3 Å². The topological polar surface area (TPSA) is 124 Å². The number of halogens is 2. The summed E-state index contributed by atoms with van der Waals surface area (Å²) in [6.45, 7) is 3.14. The van der Waals surface area contributed by atoms with Gasteiger partial charge in [0.25, 0.3) is 0 Å². The maximum absolute atomic E-state index is 14.6. The molecule has 0 unspecified atom stereocenters. The molecule has 1 aromatic carbocycles. The summed E-state index contributed by atoms with van der Waals surface area (Å²) in [7, 11) is -3.57. The SMILES string of the molecule is CC(C)S(=O)(=O)Nc1ncc(-c2cncc([C@@]34CCC[C@@H](CC3)c3cc(-c5c(F)cccc5F)nnc34)n2)cn1. The van der Waals surface area contributed by atoms with Crippen LogP contribution in [0.15, 0.2) is 49.1 Å². The molecule has 3 aromatic heterocycles. The van der Waals surface area contributed by atoms with E-state index < -0.39 is 32.3 Å². The molecule has 206 valence electrons. The van der Waals surface area contributed by atoms with Gasteiger partial charge < -0.3 is 0 Å². The van der Waals surface area contributed by atoms with Crippen LogP contribution in [0.25, 0.3) is 22.5 Å². The van der Waals surface area contributed by atoms with Gasteiger partial charge in [-0.15, -0.1) is 5.10 Å². The standard InChI is InChI=1S/C28H27F2N7O2S/c1-16(2)40(38,39)37-27-32-12-18(13-33-27)23-14-31-15-24(34-23)28-9-4-5-17(8-10-28)19-11-22(35-36-26(19)28)25-20(29)6-3-7-21(25)30/h3,6-7,11-17H,4-5,8-10H2,1-2H3,(H,32,33,37)/t17-,28+/m0/s1. The van der Waals surface area contributed by atoms with E-state index in [0.717, 1.165) is 49.1 Å². The summed E-state index contributed by atoms with van der Waals surface area (Å²) in [5.74, 6) is -1.15. The Labute approximate surface area is 230 Å². The van der Waals surface area contributed by atoms with Crippen molar-refractivity contribution >= 4 is 16.0 Å². The van der Waals surface area contributed by atoms with Gasteiger partial charge in [-0.1, -0.05) is 12.5 Å². The van der Waals surface area contributed by atoms with Gasteiger partial charge in [0.1, 0.15) is 11.6 Å². The highest BCUT2D eigenvalue weighted by Gasteiger charge is 2.46. The fourth-order valence-corrected chi connectivity index (χ4v) is 6.31. The van der Waals surface area contributed by atoms with E-state index in [1.165, 1.54) is 30.6 Å². The summed E-state index contributed by atoms with van der Waals surface area (Å²) in [4.78, 5) is 17.7. The minimum Gasteiger partial charge on any atom is -0.261 e. The molecule has 0 aliphatic heterocycles. The van der Waals surface area contributed by atoms with Crippen molar-refractivity contribution in [2.75, 3.05) is 4.72 Å². The smallest absolute Gasteiger partial charge is 0.237 e. The predicted octanol–water partition coefficient (Wildman–Crippen LogP) is 5.17. The molecule has 12 heteroatoms. The number of nitrogens with zero attached hydrogens (tertiary/aromatic N) is 6. The molecular weight excluding hydrogens is 536 g/mol. The fourth-order valence-electron chi connectivity index (χ4n) is 5.71. The van der Waals surface area contributed by atoms with Crippen LogP contribution in [-0.4, -0.2) is 43.8 Å². The number of fused-ring (bicyclic) bond motifs is 3. The lowest BCUT2D eigenvalue weighted by Gasteiger charge is -2.37. The number of rotatable bonds is 6. The number of anilines is 1. The summed E-state index contributed by atoms with van der Waals surface area (Å²) in [5.41, 5.74) is 3.05. The largest absolute Gasteiger partial charge is 0.261 e. The van der Waals surface area contributed by atoms with Crippen molar-refractivity contribution in [3.63, 3.8) is 0 Å². The maximum Gasteiger partial charge on any atom is 0.237 e. The molecule has 4 aromatic rings. The van der Waals surface area contributed by atoms with Gasteiger partial charge >= 0.3 is 0 Å². The van der Waals surface area contributed by atoms with Crippen molar-refractivity contribution in [1.82, 2.24) is 30.1 Å². The molecule has 2 bridgehead atoms. The van der Waals surface area contributed by atoms with Crippen molar-refractivity contribution in [2.24, 2.45) is 0 Å². The van der Waals surface area contributed by atoms with Crippen molar-refractivity contribution < 1.29 is 17.2 Å². The van der Waals surface area contributed by atoms with Gasteiger partial charge in [-0.2, -0.15) is 5.10 Å². The number of benzene rings is 1. The maximum atomic E-state index is 14.6.